The zero-order valence-corrected chi connectivity index (χ0v) is 21.5. The van der Waals surface area contributed by atoms with E-state index in [1.165, 1.54) is 103 Å². The van der Waals surface area contributed by atoms with Gasteiger partial charge in [0.2, 0.25) is 0 Å². The predicted octanol–water partition coefficient (Wildman–Crippen LogP) is 7.61. The van der Waals surface area contributed by atoms with Crippen LogP contribution in [0.1, 0.15) is 117 Å². The van der Waals surface area contributed by atoms with Crippen LogP contribution in [-0.2, 0) is 19.0 Å². The molecule has 0 spiro atoms. The van der Waals surface area contributed by atoms with Gasteiger partial charge in [0, 0.05) is 18.9 Å². The number of carbonyl (C=O) groups is 1. The quantitative estimate of drug-likeness (QED) is 0.0789. The molecule has 0 radical (unpaired) electrons. The first-order valence-electron chi connectivity index (χ1n) is 12.6. The summed E-state index contributed by atoms with van der Waals surface area (Å²) in [6.07, 6.45) is 21.6. The lowest BCUT2D eigenvalue weighted by Gasteiger charge is -2.17. The van der Waals surface area contributed by atoms with Gasteiger partial charge >= 0.3 is 5.97 Å². The van der Waals surface area contributed by atoms with Crippen LogP contribution in [0.2, 0.25) is 0 Å². The van der Waals surface area contributed by atoms with Crippen LogP contribution in [0.25, 0.3) is 0 Å². The summed E-state index contributed by atoms with van der Waals surface area (Å²) in [6, 6.07) is 0. The van der Waals surface area contributed by atoms with Crippen LogP contribution < -0.4 is 0 Å². The summed E-state index contributed by atoms with van der Waals surface area (Å²) >= 11 is 3.32. The molecule has 4 nitrogen and oxygen atoms in total. The number of alkyl halides is 1. The van der Waals surface area contributed by atoms with Crippen molar-refractivity contribution in [1.29, 1.82) is 0 Å². The number of hydrogen-bond acceptors (Lipinski definition) is 4. The van der Waals surface area contributed by atoms with Gasteiger partial charge in [-0.1, -0.05) is 119 Å². The van der Waals surface area contributed by atoms with Gasteiger partial charge in [-0.15, -0.1) is 0 Å². The highest BCUT2D eigenvalue weighted by atomic mass is 79.9. The lowest BCUT2D eigenvalue weighted by molar-refractivity contribution is -0.153. The first-order valence-corrected chi connectivity index (χ1v) is 13.7. The molecule has 1 atom stereocenters. The second kappa shape index (κ2) is 25.1. The van der Waals surface area contributed by atoms with E-state index in [1.807, 2.05) is 0 Å². The van der Waals surface area contributed by atoms with Gasteiger partial charge in [-0.2, -0.15) is 0 Å². The van der Waals surface area contributed by atoms with Crippen molar-refractivity contribution >= 4 is 21.9 Å². The molecular weight excluding hydrogens is 444 g/mol. The highest BCUT2D eigenvalue weighted by Gasteiger charge is 2.12. The summed E-state index contributed by atoms with van der Waals surface area (Å²) in [4.78, 5) is 11.1. The Morgan fingerprint density at radius 3 is 1.47 bits per heavy atom. The largest absolute Gasteiger partial charge is 0.458 e. The van der Waals surface area contributed by atoms with Crippen LogP contribution in [-0.4, -0.2) is 43.8 Å². The molecule has 5 heteroatoms. The van der Waals surface area contributed by atoms with Gasteiger partial charge in [0.1, 0.15) is 6.10 Å². The third-order valence-corrected chi connectivity index (χ3v) is 5.63. The van der Waals surface area contributed by atoms with Gasteiger partial charge in [0.15, 0.2) is 0 Å². The lowest BCUT2D eigenvalue weighted by atomic mass is 10.0. The Kier molecular flexibility index (Phi) is 25.0. The molecule has 0 aliphatic rings. The van der Waals surface area contributed by atoms with E-state index in [0.29, 0.717) is 19.8 Å². The summed E-state index contributed by atoms with van der Waals surface area (Å²) in [5.74, 6) is -0.284. The molecule has 0 bridgehead atoms. The topological polar surface area (TPSA) is 44.8 Å². The number of carbonyl (C=O) groups excluding carboxylic acids is 1. The van der Waals surface area contributed by atoms with Crippen molar-refractivity contribution in [2.75, 3.05) is 31.8 Å². The summed E-state index contributed by atoms with van der Waals surface area (Å²) in [5.41, 5.74) is 0. The first-order chi connectivity index (χ1) is 14.7. The molecule has 0 N–H and O–H groups in total. The van der Waals surface area contributed by atoms with E-state index >= 15 is 0 Å². The Labute approximate surface area is 195 Å². The van der Waals surface area contributed by atoms with Crippen molar-refractivity contribution in [1.82, 2.24) is 0 Å². The molecule has 0 aliphatic heterocycles. The van der Waals surface area contributed by atoms with Gasteiger partial charge in [0.25, 0.3) is 0 Å². The molecule has 0 saturated carbocycles. The maximum Gasteiger partial charge on any atom is 0.303 e. The van der Waals surface area contributed by atoms with Gasteiger partial charge in [-0.05, 0) is 6.42 Å². The normalized spacial score (nSPS) is 12.2. The van der Waals surface area contributed by atoms with Crippen molar-refractivity contribution in [2.24, 2.45) is 0 Å². The smallest absolute Gasteiger partial charge is 0.303 e. The van der Waals surface area contributed by atoms with Crippen molar-refractivity contribution in [3.63, 3.8) is 0 Å². The molecule has 0 aromatic carbocycles. The molecule has 0 fully saturated rings. The van der Waals surface area contributed by atoms with Gasteiger partial charge in [-0.3, -0.25) is 4.79 Å². The number of hydrogen-bond donors (Lipinski definition) is 0. The van der Waals surface area contributed by atoms with E-state index in [-0.39, 0.29) is 12.1 Å². The molecule has 30 heavy (non-hydrogen) atoms. The standard InChI is InChI=1S/C25H49BrO4/c1-3-4-5-6-7-8-9-10-11-12-13-14-15-16-17-18-20-28-22-25(30-24(2)27)23-29-21-19-26/h25H,3-23H2,1-2H3/t25-/m1/s1. The first kappa shape index (κ1) is 29.9. The van der Waals surface area contributed by atoms with E-state index in [1.54, 1.807) is 0 Å². The van der Waals surface area contributed by atoms with E-state index in [4.69, 9.17) is 14.2 Å². The summed E-state index contributed by atoms with van der Waals surface area (Å²) in [7, 11) is 0. The highest BCUT2D eigenvalue weighted by molar-refractivity contribution is 9.09. The number of rotatable bonds is 24. The summed E-state index contributed by atoms with van der Waals surface area (Å²) < 4.78 is 16.3. The minimum absolute atomic E-state index is 0.284. The molecule has 0 aliphatic carbocycles. The van der Waals surface area contributed by atoms with Gasteiger partial charge in [0.05, 0.1) is 19.8 Å². The number of unbranched alkanes of at least 4 members (excludes halogenated alkanes) is 15. The zero-order chi connectivity index (χ0) is 22.1. The number of esters is 1. The van der Waals surface area contributed by atoms with Crippen LogP contribution in [0.15, 0.2) is 0 Å². The molecule has 0 aromatic rings. The summed E-state index contributed by atoms with van der Waals surface area (Å²) in [5, 5.41) is 0.778. The maximum absolute atomic E-state index is 11.1. The highest BCUT2D eigenvalue weighted by Crippen LogP contribution is 2.13. The SMILES string of the molecule is CCCCCCCCCCCCCCCCCCOC[C@H](COCCBr)OC(C)=O. The van der Waals surface area contributed by atoms with Gasteiger partial charge in [-0.25, -0.2) is 0 Å². The van der Waals surface area contributed by atoms with E-state index in [9.17, 15) is 4.79 Å². The fourth-order valence-corrected chi connectivity index (χ4v) is 3.82. The predicted molar refractivity (Wildman–Crippen MR) is 131 cm³/mol. The number of ether oxygens (including phenoxy) is 3. The molecule has 0 rings (SSSR count). The second-order valence-corrected chi connectivity index (χ2v) is 9.17. The van der Waals surface area contributed by atoms with Crippen molar-refractivity contribution < 1.29 is 19.0 Å². The third-order valence-electron chi connectivity index (χ3n) is 5.30. The molecule has 0 amide bonds. The Bertz CT molecular complexity index is 352. The lowest BCUT2D eigenvalue weighted by Crippen LogP contribution is -2.28. The van der Waals surface area contributed by atoms with E-state index < -0.39 is 0 Å². The fourth-order valence-electron chi connectivity index (χ4n) is 3.59. The van der Waals surface area contributed by atoms with Crippen molar-refractivity contribution in [2.45, 2.75) is 123 Å². The Hall–Kier alpha value is -0.130. The minimum atomic E-state index is -0.303. The molecule has 0 aromatic heterocycles. The fraction of sp³-hybridized carbons (Fsp3) is 0.960. The van der Waals surface area contributed by atoms with Gasteiger partial charge < -0.3 is 14.2 Å². The van der Waals surface area contributed by atoms with Crippen LogP contribution in [0.5, 0.6) is 0 Å². The van der Waals surface area contributed by atoms with Crippen LogP contribution in [0.4, 0.5) is 0 Å². The number of halogens is 1. The molecule has 0 heterocycles. The van der Waals surface area contributed by atoms with E-state index in [2.05, 4.69) is 22.9 Å². The Morgan fingerprint density at radius 2 is 1.07 bits per heavy atom. The Balaban J connectivity index is 3.30. The second-order valence-electron chi connectivity index (χ2n) is 8.37. The Morgan fingerprint density at radius 1 is 0.667 bits per heavy atom. The molecule has 0 saturated heterocycles. The van der Waals surface area contributed by atoms with E-state index in [0.717, 1.165) is 18.4 Å². The van der Waals surface area contributed by atoms with Crippen LogP contribution in [0.3, 0.4) is 0 Å². The average molecular weight is 494 g/mol. The molecule has 180 valence electrons. The maximum atomic E-state index is 11.1. The van der Waals surface area contributed by atoms with Crippen LogP contribution >= 0.6 is 15.9 Å². The monoisotopic (exact) mass is 492 g/mol. The third kappa shape index (κ3) is 24.1. The minimum Gasteiger partial charge on any atom is -0.458 e. The van der Waals surface area contributed by atoms with Crippen LogP contribution in [0, 0.1) is 0 Å². The molecular formula is C25H49BrO4. The molecule has 0 unspecified atom stereocenters. The summed E-state index contributed by atoms with van der Waals surface area (Å²) in [6.45, 7) is 5.85. The average Bonchev–Trinajstić information content (AvgIpc) is 2.72. The van der Waals surface area contributed by atoms with Crippen molar-refractivity contribution in [3.8, 4) is 0 Å². The zero-order valence-electron chi connectivity index (χ0n) is 19.9. The van der Waals surface area contributed by atoms with Crippen molar-refractivity contribution in [3.05, 3.63) is 0 Å².